The van der Waals surface area contributed by atoms with Gasteiger partial charge in [0.2, 0.25) is 0 Å². The third-order valence-corrected chi connectivity index (χ3v) is 2.63. The summed E-state index contributed by atoms with van der Waals surface area (Å²) in [5.41, 5.74) is -1.16. The Balaban J connectivity index is 3.74. The van der Waals surface area contributed by atoms with E-state index in [0.717, 1.165) is 12.8 Å². The molecule has 5 N–H and O–H groups in total. The average molecular weight is 263 g/mol. The van der Waals surface area contributed by atoms with Gasteiger partial charge in [0.15, 0.2) is 0 Å². The summed E-state index contributed by atoms with van der Waals surface area (Å²) in [7, 11) is 0. The van der Waals surface area contributed by atoms with Gasteiger partial charge < -0.3 is 30.5 Å². The molecule has 6 nitrogen and oxygen atoms in total. The maximum Gasteiger partial charge on any atom is 0.0897 e. The van der Waals surface area contributed by atoms with Gasteiger partial charge in [-0.15, -0.1) is 6.58 Å². The minimum absolute atomic E-state index is 0.128. The van der Waals surface area contributed by atoms with Gasteiger partial charge in [-0.3, -0.25) is 0 Å². The fourth-order valence-corrected chi connectivity index (χ4v) is 1.26. The van der Waals surface area contributed by atoms with Crippen molar-refractivity contribution in [1.29, 1.82) is 0 Å². The van der Waals surface area contributed by atoms with Crippen molar-refractivity contribution in [1.82, 2.24) is 5.32 Å². The number of unbranched alkanes of at least 4 members (excludes halogenated alkanes) is 1. The molecule has 0 bridgehead atoms. The van der Waals surface area contributed by atoms with Crippen LogP contribution in [-0.4, -0.2) is 71.6 Å². The number of β-amino-alcohol motifs (C(OH)–C–C–N with tert-alkyl or cyclic N) is 1. The largest absolute Gasteiger partial charge is 0.394 e. The van der Waals surface area contributed by atoms with Crippen LogP contribution in [-0.2, 0) is 4.74 Å². The highest BCUT2D eigenvalue weighted by Crippen LogP contribution is 2.01. The number of hydrogen-bond acceptors (Lipinski definition) is 6. The average Bonchev–Trinajstić information content (AvgIpc) is 2.41. The molecule has 0 aliphatic rings. The smallest absolute Gasteiger partial charge is 0.0897 e. The standard InChI is InChI=1S/C12H25NO5/c1-2-3-4-5-18-7-11(17)6-13-12(8-14,9-15)10-16/h2,11,13-17H,1,3-10H2. The van der Waals surface area contributed by atoms with Gasteiger partial charge in [-0.25, -0.2) is 0 Å². The monoisotopic (exact) mass is 263 g/mol. The highest BCUT2D eigenvalue weighted by Gasteiger charge is 2.27. The Morgan fingerprint density at radius 3 is 2.33 bits per heavy atom. The summed E-state index contributed by atoms with van der Waals surface area (Å²) in [4.78, 5) is 0. The quantitative estimate of drug-likeness (QED) is 0.220. The summed E-state index contributed by atoms with van der Waals surface area (Å²) >= 11 is 0. The zero-order valence-electron chi connectivity index (χ0n) is 10.7. The Morgan fingerprint density at radius 1 is 1.22 bits per heavy atom. The van der Waals surface area contributed by atoms with Crippen molar-refractivity contribution in [3.05, 3.63) is 12.7 Å². The number of ether oxygens (including phenoxy) is 1. The van der Waals surface area contributed by atoms with Gasteiger partial charge in [-0.05, 0) is 12.8 Å². The van der Waals surface area contributed by atoms with Crippen LogP contribution in [0.5, 0.6) is 0 Å². The van der Waals surface area contributed by atoms with E-state index in [2.05, 4.69) is 11.9 Å². The molecular weight excluding hydrogens is 238 g/mol. The molecule has 0 aromatic heterocycles. The van der Waals surface area contributed by atoms with Crippen molar-refractivity contribution < 1.29 is 25.2 Å². The summed E-state index contributed by atoms with van der Waals surface area (Å²) in [5, 5.41) is 39.5. The van der Waals surface area contributed by atoms with Gasteiger partial charge in [0, 0.05) is 13.2 Å². The molecule has 1 atom stereocenters. The van der Waals surface area contributed by atoms with E-state index in [-0.39, 0.29) is 13.2 Å². The number of hydrogen-bond donors (Lipinski definition) is 5. The second kappa shape index (κ2) is 10.4. The summed E-state index contributed by atoms with van der Waals surface area (Å²) in [5.74, 6) is 0. The Labute approximate surface area is 108 Å². The molecule has 0 fully saturated rings. The lowest BCUT2D eigenvalue weighted by atomic mass is 10.0. The van der Waals surface area contributed by atoms with E-state index in [0.29, 0.717) is 6.61 Å². The van der Waals surface area contributed by atoms with E-state index in [1.54, 1.807) is 6.08 Å². The molecule has 0 saturated heterocycles. The predicted octanol–water partition coefficient (Wildman–Crippen LogP) is -1.36. The molecule has 0 saturated carbocycles. The molecule has 0 spiro atoms. The number of aliphatic hydroxyl groups excluding tert-OH is 4. The van der Waals surface area contributed by atoms with Crippen molar-refractivity contribution in [2.75, 3.05) is 39.6 Å². The fourth-order valence-electron chi connectivity index (χ4n) is 1.26. The molecule has 0 aliphatic carbocycles. The first-order chi connectivity index (χ1) is 8.64. The van der Waals surface area contributed by atoms with Crippen LogP contribution < -0.4 is 5.32 Å². The van der Waals surface area contributed by atoms with Crippen molar-refractivity contribution in [3.63, 3.8) is 0 Å². The summed E-state index contributed by atoms with van der Waals surface area (Å²) in [6, 6.07) is 0. The van der Waals surface area contributed by atoms with Crippen molar-refractivity contribution in [2.45, 2.75) is 24.5 Å². The fraction of sp³-hybridized carbons (Fsp3) is 0.833. The molecule has 0 heterocycles. The minimum atomic E-state index is -1.16. The second-order valence-corrected chi connectivity index (χ2v) is 4.30. The molecule has 0 rings (SSSR count). The number of aliphatic hydroxyl groups is 4. The Bertz CT molecular complexity index is 200. The summed E-state index contributed by atoms with van der Waals surface area (Å²) < 4.78 is 5.24. The van der Waals surface area contributed by atoms with Crippen molar-refractivity contribution in [2.24, 2.45) is 0 Å². The molecule has 0 radical (unpaired) electrons. The van der Waals surface area contributed by atoms with Gasteiger partial charge in [-0.2, -0.15) is 0 Å². The van der Waals surface area contributed by atoms with Gasteiger partial charge in [0.05, 0.1) is 38.1 Å². The normalized spacial score (nSPS) is 13.6. The van der Waals surface area contributed by atoms with Crippen molar-refractivity contribution in [3.8, 4) is 0 Å². The second-order valence-electron chi connectivity index (χ2n) is 4.30. The number of nitrogens with one attached hydrogen (secondary N) is 1. The maximum atomic E-state index is 9.60. The number of rotatable bonds is 12. The first kappa shape index (κ1) is 17.5. The van der Waals surface area contributed by atoms with E-state index in [9.17, 15) is 5.11 Å². The van der Waals surface area contributed by atoms with Gasteiger partial charge in [-0.1, -0.05) is 6.08 Å². The van der Waals surface area contributed by atoms with Crippen LogP contribution in [0.2, 0.25) is 0 Å². The highest BCUT2D eigenvalue weighted by molar-refractivity contribution is 4.86. The molecule has 0 amide bonds. The highest BCUT2D eigenvalue weighted by atomic mass is 16.5. The molecule has 1 unspecified atom stereocenters. The van der Waals surface area contributed by atoms with Gasteiger partial charge >= 0.3 is 0 Å². The maximum absolute atomic E-state index is 9.60. The Morgan fingerprint density at radius 2 is 1.83 bits per heavy atom. The van der Waals surface area contributed by atoms with E-state index in [1.165, 1.54) is 0 Å². The Hall–Kier alpha value is -0.500. The van der Waals surface area contributed by atoms with E-state index < -0.39 is 31.5 Å². The third kappa shape index (κ3) is 7.05. The zero-order valence-corrected chi connectivity index (χ0v) is 10.7. The van der Waals surface area contributed by atoms with Crippen LogP contribution >= 0.6 is 0 Å². The van der Waals surface area contributed by atoms with Gasteiger partial charge in [0.1, 0.15) is 0 Å². The minimum Gasteiger partial charge on any atom is -0.394 e. The van der Waals surface area contributed by atoms with E-state index >= 15 is 0 Å². The van der Waals surface area contributed by atoms with Crippen LogP contribution in [0.15, 0.2) is 12.7 Å². The molecule has 0 aromatic carbocycles. The third-order valence-electron chi connectivity index (χ3n) is 2.63. The Kier molecular flexibility index (Phi) is 10.1. The molecule has 18 heavy (non-hydrogen) atoms. The first-order valence-electron chi connectivity index (χ1n) is 6.08. The molecule has 6 heteroatoms. The van der Waals surface area contributed by atoms with Crippen molar-refractivity contribution >= 4 is 0 Å². The van der Waals surface area contributed by atoms with E-state index in [1.807, 2.05) is 0 Å². The lowest BCUT2D eigenvalue weighted by Gasteiger charge is -2.29. The lowest BCUT2D eigenvalue weighted by Crippen LogP contribution is -2.57. The molecule has 0 aliphatic heterocycles. The molecule has 108 valence electrons. The van der Waals surface area contributed by atoms with Gasteiger partial charge in [0.25, 0.3) is 0 Å². The topological polar surface area (TPSA) is 102 Å². The molecular formula is C12H25NO5. The lowest BCUT2D eigenvalue weighted by molar-refractivity contribution is 0.00809. The van der Waals surface area contributed by atoms with Crippen LogP contribution in [0, 0.1) is 0 Å². The first-order valence-corrected chi connectivity index (χ1v) is 6.08. The SMILES string of the molecule is C=CCCCOCC(O)CNC(CO)(CO)CO. The molecule has 0 aromatic rings. The van der Waals surface area contributed by atoms with Crippen LogP contribution in [0.1, 0.15) is 12.8 Å². The van der Waals surface area contributed by atoms with Crippen LogP contribution in [0.3, 0.4) is 0 Å². The summed E-state index contributed by atoms with van der Waals surface area (Å²) in [6.45, 7) is 3.21. The predicted molar refractivity (Wildman–Crippen MR) is 68.2 cm³/mol. The zero-order chi connectivity index (χ0) is 13.9. The number of allylic oxidation sites excluding steroid dienone is 1. The van der Waals surface area contributed by atoms with Crippen LogP contribution in [0.25, 0.3) is 0 Å². The summed E-state index contributed by atoms with van der Waals surface area (Å²) in [6.07, 6.45) is 2.78. The van der Waals surface area contributed by atoms with Crippen LogP contribution in [0.4, 0.5) is 0 Å². The van der Waals surface area contributed by atoms with E-state index in [4.69, 9.17) is 20.1 Å².